The van der Waals surface area contributed by atoms with Crippen molar-refractivity contribution in [2.24, 2.45) is 23.5 Å². The molecule has 2 aliphatic carbocycles. The lowest BCUT2D eigenvalue weighted by atomic mass is 9.84. The maximum Gasteiger partial charge on any atom is 0.242 e. The van der Waals surface area contributed by atoms with Gasteiger partial charge in [-0.1, -0.05) is 6.92 Å². The summed E-state index contributed by atoms with van der Waals surface area (Å²) in [5.74, 6) is 0.647. The maximum absolute atomic E-state index is 12.3. The van der Waals surface area contributed by atoms with Crippen molar-refractivity contribution in [3.8, 4) is 0 Å². The fourth-order valence-corrected chi connectivity index (χ4v) is 3.57. The maximum atomic E-state index is 12.3. The summed E-state index contributed by atoms with van der Waals surface area (Å²) in [5, 5.41) is 5.72. The van der Waals surface area contributed by atoms with E-state index >= 15 is 0 Å². The number of carbonyl (C=O) groups is 2. The fourth-order valence-electron chi connectivity index (χ4n) is 3.57. The van der Waals surface area contributed by atoms with Crippen molar-refractivity contribution in [3.63, 3.8) is 0 Å². The van der Waals surface area contributed by atoms with Gasteiger partial charge < -0.3 is 16.4 Å². The van der Waals surface area contributed by atoms with Crippen LogP contribution in [0.3, 0.4) is 0 Å². The predicted octanol–water partition coefficient (Wildman–Crippen LogP) is 1.20. The average Bonchev–Trinajstić information content (AvgIpc) is 2.98. The smallest absolute Gasteiger partial charge is 0.242 e. The van der Waals surface area contributed by atoms with Gasteiger partial charge in [-0.05, 0) is 51.4 Å². The molecule has 0 heterocycles. The van der Waals surface area contributed by atoms with Crippen molar-refractivity contribution in [1.29, 1.82) is 0 Å². The van der Waals surface area contributed by atoms with Crippen molar-refractivity contribution in [2.45, 2.75) is 64.6 Å². The molecule has 0 radical (unpaired) electrons. The Labute approximate surface area is 133 Å². The summed E-state index contributed by atoms with van der Waals surface area (Å²) >= 11 is 0. The molecule has 6 heteroatoms. The molecule has 122 valence electrons. The Kier molecular flexibility index (Phi) is 6.47. The Morgan fingerprint density at radius 1 is 1.19 bits per heavy atom. The van der Waals surface area contributed by atoms with Crippen LogP contribution in [0.5, 0.6) is 0 Å². The van der Waals surface area contributed by atoms with E-state index in [0.717, 1.165) is 25.7 Å². The van der Waals surface area contributed by atoms with Gasteiger partial charge in [-0.3, -0.25) is 9.59 Å². The van der Waals surface area contributed by atoms with Gasteiger partial charge >= 0.3 is 0 Å². The highest BCUT2D eigenvalue weighted by molar-refractivity contribution is 5.89. The van der Waals surface area contributed by atoms with Gasteiger partial charge in [-0.2, -0.15) is 0 Å². The number of amides is 2. The summed E-state index contributed by atoms with van der Waals surface area (Å²) in [7, 11) is 0. The lowest BCUT2D eigenvalue weighted by Crippen LogP contribution is -2.52. The SMILES string of the molecule is CCC(C)NC(=O)C(C)NC(=O)C1C2CCC(C2)C1N.Cl. The summed E-state index contributed by atoms with van der Waals surface area (Å²) in [5.41, 5.74) is 6.16. The van der Waals surface area contributed by atoms with E-state index in [9.17, 15) is 9.59 Å². The fraction of sp³-hybridized carbons (Fsp3) is 0.867. The van der Waals surface area contributed by atoms with Crippen LogP contribution < -0.4 is 16.4 Å². The zero-order chi connectivity index (χ0) is 14.9. The molecule has 2 rings (SSSR count). The second-order valence-electron chi connectivity index (χ2n) is 6.48. The molecule has 2 aliphatic rings. The van der Waals surface area contributed by atoms with Crippen LogP contribution in [-0.4, -0.2) is 29.9 Å². The molecule has 0 aliphatic heterocycles. The largest absolute Gasteiger partial charge is 0.352 e. The highest BCUT2D eigenvalue weighted by Gasteiger charge is 2.49. The number of nitrogens with two attached hydrogens (primary N) is 1. The lowest BCUT2D eigenvalue weighted by Gasteiger charge is -2.28. The molecular formula is C15H28ClN3O2. The molecule has 2 saturated carbocycles. The van der Waals surface area contributed by atoms with E-state index in [1.807, 2.05) is 13.8 Å². The number of halogens is 1. The van der Waals surface area contributed by atoms with E-state index in [1.165, 1.54) is 0 Å². The first kappa shape index (κ1) is 18.2. The monoisotopic (exact) mass is 317 g/mol. The Morgan fingerprint density at radius 2 is 1.81 bits per heavy atom. The second kappa shape index (κ2) is 7.45. The van der Waals surface area contributed by atoms with Crippen LogP contribution in [0, 0.1) is 17.8 Å². The Morgan fingerprint density at radius 3 is 2.33 bits per heavy atom. The molecule has 4 N–H and O–H groups in total. The summed E-state index contributed by atoms with van der Waals surface area (Å²) in [4.78, 5) is 24.3. The molecule has 21 heavy (non-hydrogen) atoms. The molecule has 2 bridgehead atoms. The van der Waals surface area contributed by atoms with Gasteiger partial charge in [0.1, 0.15) is 6.04 Å². The first-order valence-corrected chi connectivity index (χ1v) is 7.80. The molecule has 2 fully saturated rings. The molecular weight excluding hydrogens is 290 g/mol. The van der Waals surface area contributed by atoms with Crippen LogP contribution in [0.1, 0.15) is 46.5 Å². The van der Waals surface area contributed by atoms with Gasteiger partial charge in [-0.15, -0.1) is 12.4 Å². The zero-order valence-corrected chi connectivity index (χ0v) is 13.9. The van der Waals surface area contributed by atoms with E-state index in [1.54, 1.807) is 6.92 Å². The van der Waals surface area contributed by atoms with E-state index in [-0.39, 0.29) is 42.2 Å². The molecule has 5 nitrogen and oxygen atoms in total. The van der Waals surface area contributed by atoms with Crippen LogP contribution >= 0.6 is 12.4 Å². The van der Waals surface area contributed by atoms with Crippen LogP contribution in [0.2, 0.25) is 0 Å². The van der Waals surface area contributed by atoms with Crippen LogP contribution in [0.4, 0.5) is 0 Å². The third-order valence-electron chi connectivity index (χ3n) is 5.04. The van der Waals surface area contributed by atoms with E-state index in [4.69, 9.17) is 5.73 Å². The molecule has 0 saturated heterocycles. The lowest BCUT2D eigenvalue weighted by molar-refractivity contribution is -0.132. The third-order valence-corrected chi connectivity index (χ3v) is 5.04. The van der Waals surface area contributed by atoms with Gasteiger partial charge in [0.2, 0.25) is 11.8 Å². The summed E-state index contributed by atoms with van der Waals surface area (Å²) in [6, 6.07) is -0.395. The van der Waals surface area contributed by atoms with Crippen molar-refractivity contribution >= 4 is 24.2 Å². The Balaban J connectivity index is 0.00000220. The quantitative estimate of drug-likeness (QED) is 0.712. The molecule has 6 atom stereocenters. The Bertz CT molecular complexity index is 389. The first-order chi connectivity index (χ1) is 9.43. The number of rotatable bonds is 5. The van der Waals surface area contributed by atoms with E-state index in [0.29, 0.717) is 11.8 Å². The van der Waals surface area contributed by atoms with Crippen LogP contribution in [0.15, 0.2) is 0 Å². The Hall–Kier alpha value is -0.810. The van der Waals surface area contributed by atoms with Crippen molar-refractivity contribution in [3.05, 3.63) is 0 Å². The van der Waals surface area contributed by atoms with E-state index in [2.05, 4.69) is 10.6 Å². The number of carbonyl (C=O) groups excluding carboxylic acids is 2. The van der Waals surface area contributed by atoms with Gasteiger partial charge in [0.15, 0.2) is 0 Å². The standard InChI is InChI=1S/C15H27N3O2.ClH/c1-4-8(2)17-14(19)9(3)18-15(20)12-10-5-6-11(7-10)13(12)16;/h8-13H,4-7,16H2,1-3H3,(H,17,19)(H,18,20);1H. The summed E-state index contributed by atoms with van der Waals surface area (Å²) in [6.07, 6.45) is 4.21. The van der Waals surface area contributed by atoms with Gasteiger partial charge in [0.05, 0.1) is 5.92 Å². The average molecular weight is 318 g/mol. The van der Waals surface area contributed by atoms with Crippen LogP contribution in [0.25, 0.3) is 0 Å². The van der Waals surface area contributed by atoms with Crippen molar-refractivity contribution in [1.82, 2.24) is 10.6 Å². The molecule has 2 amide bonds. The van der Waals surface area contributed by atoms with Gasteiger partial charge in [-0.25, -0.2) is 0 Å². The minimum absolute atomic E-state index is 0. The molecule has 0 spiro atoms. The first-order valence-electron chi connectivity index (χ1n) is 7.80. The highest BCUT2D eigenvalue weighted by Crippen LogP contribution is 2.47. The number of fused-ring (bicyclic) bond motifs is 2. The van der Waals surface area contributed by atoms with E-state index < -0.39 is 6.04 Å². The molecule has 6 unspecified atom stereocenters. The van der Waals surface area contributed by atoms with Gasteiger partial charge in [0, 0.05) is 12.1 Å². The normalized spacial score (nSPS) is 33.0. The predicted molar refractivity (Wildman–Crippen MR) is 85.0 cm³/mol. The van der Waals surface area contributed by atoms with Crippen molar-refractivity contribution in [2.75, 3.05) is 0 Å². The number of hydrogen-bond donors (Lipinski definition) is 3. The summed E-state index contributed by atoms with van der Waals surface area (Å²) < 4.78 is 0. The van der Waals surface area contributed by atoms with Crippen molar-refractivity contribution < 1.29 is 9.59 Å². The number of hydrogen-bond acceptors (Lipinski definition) is 3. The van der Waals surface area contributed by atoms with Gasteiger partial charge in [0.25, 0.3) is 0 Å². The topological polar surface area (TPSA) is 84.2 Å². The second-order valence-corrected chi connectivity index (χ2v) is 6.48. The zero-order valence-electron chi connectivity index (χ0n) is 13.1. The third kappa shape index (κ3) is 3.89. The highest BCUT2D eigenvalue weighted by atomic mass is 35.5. The minimum atomic E-state index is -0.497. The summed E-state index contributed by atoms with van der Waals surface area (Å²) in [6.45, 7) is 5.70. The van der Waals surface area contributed by atoms with Crippen LogP contribution in [-0.2, 0) is 9.59 Å². The number of nitrogens with one attached hydrogen (secondary N) is 2. The molecule has 0 aromatic heterocycles. The minimum Gasteiger partial charge on any atom is -0.352 e. The molecule has 0 aromatic rings. The molecule has 0 aromatic carbocycles.